The SMILES string of the molecule is COc1ccccc1[C@H]1CN(Cc2ccccc2[N+](=O)[O-])C[C@@H]1CN(C(=O)C(C)C)C(C)C. The van der Waals surface area contributed by atoms with Gasteiger partial charge in [0.25, 0.3) is 5.69 Å². The van der Waals surface area contributed by atoms with Gasteiger partial charge in [-0.25, -0.2) is 0 Å². The first kappa shape index (κ1) is 24.7. The minimum absolute atomic E-state index is 0.0680. The van der Waals surface area contributed by atoms with Crippen LogP contribution in [0.3, 0.4) is 0 Å². The van der Waals surface area contributed by atoms with Crippen LogP contribution in [0.4, 0.5) is 5.69 Å². The molecular weight excluding hydrogens is 418 g/mol. The van der Waals surface area contributed by atoms with Gasteiger partial charge >= 0.3 is 0 Å². The number of nitrogens with zero attached hydrogens (tertiary/aromatic N) is 3. The van der Waals surface area contributed by atoms with Gasteiger partial charge in [0, 0.05) is 55.7 Å². The summed E-state index contributed by atoms with van der Waals surface area (Å²) in [6, 6.07) is 15.1. The van der Waals surface area contributed by atoms with Gasteiger partial charge in [-0.2, -0.15) is 0 Å². The summed E-state index contributed by atoms with van der Waals surface area (Å²) >= 11 is 0. The number of carbonyl (C=O) groups is 1. The molecule has 1 fully saturated rings. The lowest BCUT2D eigenvalue weighted by atomic mass is 9.87. The van der Waals surface area contributed by atoms with Crippen LogP contribution in [0.1, 0.15) is 44.7 Å². The van der Waals surface area contributed by atoms with E-state index in [0.29, 0.717) is 18.7 Å². The van der Waals surface area contributed by atoms with E-state index in [1.165, 1.54) is 0 Å². The molecule has 0 spiro atoms. The molecule has 7 heteroatoms. The molecule has 0 N–H and O–H groups in total. The molecule has 1 aliphatic rings. The van der Waals surface area contributed by atoms with E-state index >= 15 is 0 Å². The van der Waals surface area contributed by atoms with Crippen LogP contribution in [-0.4, -0.2) is 53.4 Å². The highest BCUT2D eigenvalue weighted by Crippen LogP contribution is 2.39. The van der Waals surface area contributed by atoms with E-state index in [0.717, 1.165) is 24.4 Å². The first-order valence-corrected chi connectivity index (χ1v) is 11.6. The molecule has 0 aromatic heterocycles. The second kappa shape index (κ2) is 10.8. The van der Waals surface area contributed by atoms with Crippen molar-refractivity contribution in [3.8, 4) is 5.75 Å². The van der Waals surface area contributed by atoms with Crippen molar-refractivity contribution in [2.45, 2.75) is 46.2 Å². The first-order valence-electron chi connectivity index (χ1n) is 11.6. The number of para-hydroxylation sites is 2. The average molecular weight is 454 g/mol. The lowest BCUT2D eigenvalue weighted by molar-refractivity contribution is -0.385. The maximum Gasteiger partial charge on any atom is 0.273 e. The first-order chi connectivity index (χ1) is 15.7. The minimum Gasteiger partial charge on any atom is -0.496 e. The number of rotatable bonds is 9. The molecule has 7 nitrogen and oxygen atoms in total. The van der Waals surface area contributed by atoms with Crippen LogP contribution in [0.25, 0.3) is 0 Å². The van der Waals surface area contributed by atoms with Crippen LogP contribution < -0.4 is 4.74 Å². The largest absolute Gasteiger partial charge is 0.496 e. The lowest BCUT2D eigenvalue weighted by Gasteiger charge is -2.33. The summed E-state index contributed by atoms with van der Waals surface area (Å²) < 4.78 is 5.66. The van der Waals surface area contributed by atoms with E-state index in [1.807, 2.05) is 49.1 Å². The second-order valence-corrected chi connectivity index (χ2v) is 9.43. The van der Waals surface area contributed by atoms with E-state index < -0.39 is 0 Å². The molecule has 0 unspecified atom stereocenters. The average Bonchev–Trinajstić information content (AvgIpc) is 3.18. The maximum atomic E-state index is 12.9. The number of amides is 1. The van der Waals surface area contributed by atoms with Gasteiger partial charge in [0.2, 0.25) is 5.91 Å². The monoisotopic (exact) mass is 453 g/mol. The Morgan fingerprint density at radius 3 is 2.42 bits per heavy atom. The predicted octanol–water partition coefficient (Wildman–Crippen LogP) is 4.71. The van der Waals surface area contributed by atoms with Gasteiger partial charge in [0.15, 0.2) is 0 Å². The Labute approximate surface area is 196 Å². The molecule has 0 radical (unpaired) electrons. The minimum atomic E-state index is -0.317. The lowest BCUT2D eigenvalue weighted by Crippen LogP contribution is -2.43. The van der Waals surface area contributed by atoms with Crippen LogP contribution >= 0.6 is 0 Å². The van der Waals surface area contributed by atoms with E-state index in [4.69, 9.17) is 4.74 Å². The van der Waals surface area contributed by atoms with Crippen molar-refractivity contribution >= 4 is 11.6 Å². The molecule has 0 aliphatic carbocycles. The Kier molecular flexibility index (Phi) is 8.08. The zero-order valence-electron chi connectivity index (χ0n) is 20.2. The van der Waals surface area contributed by atoms with Gasteiger partial charge in [-0.3, -0.25) is 19.8 Å². The van der Waals surface area contributed by atoms with Crippen molar-refractivity contribution in [1.29, 1.82) is 0 Å². The standard InChI is InChI=1S/C26H35N3O4/c1-18(2)26(30)28(19(3)4)16-21-15-27(14-20-10-6-8-12-24(20)29(31)32)17-23(21)22-11-7-9-13-25(22)33-5/h6-13,18-19,21,23H,14-17H2,1-5H3/t21-,23+/m1/s1. The summed E-state index contributed by atoms with van der Waals surface area (Å²) in [7, 11) is 1.68. The molecule has 2 aromatic rings. The fourth-order valence-electron chi connectivity index (χ4n) is 4.80. The van der Waals surface area contributed by atoms with Gasteiger partial charge in [-0.15, -0.1) is 0 Å². The molecule has 3 rings (SSSR count). The molecule has 2 atom stereocenters. The summed E-state index contributed by atoms with van der Waals surface area (Å²) in [6.07, 6.45) is 0. The predicted molar refractivity (Wildman–Crippen MR) is 129 cm³/mol. The van der Waals surface area contributed by atoms with E-state index in [2.05, 4.69) is 24.8 Å². The van der Waals surface area contributed by atoms with Crippen molar-refractivity contribution in [1.82, 2.24) is 9.80 Å². The van der Waals surface area contributed by atoms with Gasteiger partial charge in [0.05, 0.1) is 12.0 Å². The molecular formula is C26H35N3O4. The molecule has 2 aromatic carbocycles. The summed E-state index contributed by atoms with van der Waals surface area (Å²) in [6.45, 7) is 10.6. The highest BCUT2D eigenvalue weighted by Gasteiger charge is 2.38. The van der Waals surface area contributed by atoms with E-state index in [-0.39, 0.29) is 40.3 Å². The fourth-order valence-corrected chi connectivity index (χ4v) is 4.80. The highest BCUT2D eigenvalue weighted by atomic mass is 16.6. The molecule has 1 saturated heterocycles. The number of methoxy groups -OCH3 is 1. The normalized spacial score (nSPS) is 18.6. The van der Waals surface area contributed by atoms with Crippen molar-refractivity contribution in [3.63, 3.8) is 0 Å². The van der Waals surface area contributed by atoms with Crippen LogP contribution in [0.5, 0.6) is 5.75 Å². The Bertz CT molecular complexity index is 976. The quantitative estimate of drug-likeness (QED) is 0.406. The third-order valence-electron chi connectivity index (χ3n) is 6.47. The van der Waals surface area contributed by atoms with E-state index in [9.17, 15) is 14.9 Å². The molecule has 33 heavy (non-hydrogen) atoms. The molecule has 0 saturated carbocycles. The van der Waals surface area contributed by atoms with Crippen LogP contribution in [0, 0.1) is 22.0 Å². The van der Waals surface area contributed by atoms with Gasteiger partial charge in [-0.05, 0) is 31.4 Å². The number of likely N-dealkylation sites (tertiary alicyclic amines) is 1. The molecule has 1 aliphatic heterocycles. The topological polar surface area (TPSA) is 75.9 Å². The van der Waals surface area contributed by atoms with Crippen molar-refractivity contribution in [2.24, 2.45) is 11.8 Å². The number of carbonyl (C=O) groups excluding carboxylic acids is 1. The summed E-state index contributed by atoms with van der Waals surface area (Å²) in [5.41, 5.74) is 1.98. The number of ether oxygens (including phenoxy) is 1. The Morgan fingerprint density at radius 2 is 1.79 bits per heavy atom. The Hall–Kier alpha value is -2.93. The zero-order valence-corrected chi connectivity index (χ0v) is 20.2. The molecule has 1 amide bonds. The smallest absolute Gasteiger partial charge is 0.273 e. The Morgan fingerprint density at radius 1 is 1.12 bits per heavy atom. The summed E-state index contributed by atoms with van der Waals surface area (Å²) in [5, 5.41) is 11.5. The van der Waals surface area contributed by atoms with Crippen LogP contribution in [-0.2, 0) is 11.3 Å². The number of hydrogen-bond donors (Lipinski definition) is 0. The number of nitro benzene ring substituents is 1. The van der Waals surface area contributed by atoms with Crippen LogP contribution in [0.2, 0.25) is 0 Å². The third-order valence-corrected chi connectivity index (χ3v) is 6.47. The number of hydrogen-bond acceptors (Lipinski definition) is 5. The third kappa shape index (κ3) is 5.71. The highest BCUT2D eigenvalue weighted by molar-refractivity contribution is 5.78. The molecule has 1 heterocycles. The number of nitro groups is 1. The summed E-state index contributed by atoms with van der Waals surface area (Å²) in [5.74, 6) is 1.27. The van der Waals surface area contributed by atoms with Crippen molar-refractivity contribution in [2.75, 3.05) is 26.7 Å². The second-order valence-electron chi connectivity index (χ2n) is 9.43. The van der Waals surface area contributed by atoms with Gasteiger partial charge in [-0.1, -0.05) is 50.2 Å². The fraction of sp³-hybridized carbons (Fsp3) is 0.500. The maximum absolute atomic E-state index is 12.9. The van der Waals surface area contributed by atoms with Crippen molar-refractivity contribution < 1.29 is 14.5 Å². The number of benzene rings is 2. The summed E-state index contributed by atoms with van der Waals surface area (Å²) in [4.78, 5) is 28.4. The zero-order chi connectivity index (χ0) is 24.1. The van der Waals surface area contributed by atoms with E-state index in [1.54, 1.807) is 19.2 Å². The van der Waals surface area contributed by atoms with Crippen molar-refractivity contribution in [3.05, 3.63) is 69.8 Å². The van der Waals surface area contributed by atoms with Gasteiger partial charge in [0.1, 0.15) is 5.75 Å². The molecule has 178 valence electrons. The van der Waals surface area contributed by atoms with Crippen LogP contribution in [0.15, 0.2) is 48.5 Å². The Balaban J connectivity index is 1.91. The van der Waals surface area contributed by atoms with Gasteiger partial charge < -0.3 is 9.64 Å². The molecule has 0 bridgehead atoms.